The third-order valence-corrected chi connectivity index (χ3v) is 5.23. The average molecular weight is 314 g/mol. The van der Waals surface area contributed by atoms with E-state index >= 15 is 0 Å². The normalized spacial score (nSPS) is 17.8. The molecule has 0 heterocycles. The second-order valence-corrected chi connectivity index (χ2v) is 6.52. The molecule has 1 aliphatic rings. The van der Waals surface area contributed by atoms with Gasteiger partial charge in [0, 0.05) is 28.4 Å². The maximum atomic E-state index is 12.2. The second-order valence-electron chi connectivity index (χ2n) is 5.84. The molecule has 1 saturated carbocycles. The lowest BCUT2D eigenvalue weighted by Gasteiger charge is -2.35. The lowest BCUT2D eigenvalue weighted by Crippen LogP contribution is -2.40. The molecule has 110 valence electrons. The average Bonchev–Trinajstić information content (AvgIpc) is 2.48. The van der Waals surface area contributed by atoms with E-state index in [4.69, 9.17) is 23.2 Å². The van der Waals surface area contributed by atoms with E-state index in [1.54, 1.807) is 6.07 Å². The van der Waals surface area contributed by atoms with Gasteiger partial charge in [-0.2, -0.15) is 0 Å². The van der Waals surface area contributed by atoms with Gasteiger partial charge in [-0.3, -0.25) is 4.79 Å². The van der Waals surface area contributed by atoms with E-state index in [9.17, 15) is 4.79 Å². The van der Waals surface area contributed by atoms with Crippen LogP contribution in [0.1, 0.15) is 48.0 Å². The van der Waals surface area contributed by atoms with Crippen molar-refractivity contribution in [1.82, 2.24) is 5.32 Å². The highest BCUT2D eigenvalue weighted by Gasteiger charge is 2.31. The molecule has 0 saturated heterocycles. The number of hydrogen-bond donors (Lipinski definition) is 1. The van der Waals surface area contributed by atoms with Crippen LogP contribution < -0.4 is 5.32 Å². The van der Waals surface area contributed by atoms with Crippen LogP contribution in [-0.2, 0) is 0 Å². The predicted octanol–water partition coefficient (Wildman–Crippen LogP) is 4.57. The van der Waals surface area contributed by atoms with E-state index in [-0.39, 0.29) is 11.3 Å². The maximum absolute atomic E-state index is 12.2. The zero-order chi connectivity index (χ0) is 14.6. The van der Waals surface area contributed by atoms with Gasteiger partial charge in [0.15, 0.2) is 0 Å². The first-order chi connectivity index (χ1) is 9.56. The molecule has 0 aliphatic heterocycles. The van der Waals surface area contributed by atoms with Gasteiger partial charge in [0.05, 0.1) is 0 Å². The molecular formula is C16H21Cl2NO. The number of hydrogen-bond acceptors (Lipinski definition) is 1. The Bertz CT molecular complexity index is 481. The molecule has 0 spiro atoms. The summed E-state index contributed by atoms with van der Waals surface area (Å²) >= 11 is 12.2. The summed E-state index contributed by atoms with van der Waals surface area (Å²) in [5, 5.41) is 3.65. The number of benzene rings is 1. The van der Waals surface area contributed by atoms with E-state index in [1.165, 1.54) is 19.3 Å². The van der Waals surface area contributed by atoms with Gasteiger partial charge in [-0.25, -0.2) is 0 Å². The van der Waals surface area contributed by atoms with Crippen LogP contribution in [0.25, 0.3) is 0 Å². The highest BCUT2D eigenvalue weighted by molar-refractivity contribution is 6.31. The molecule has 1 aromatic carbocycles. The monoisotopic (exact) mass is 313 g/mol. The zero-order valence-electron chi connectivity index (χ0n) is 11.8. The molecule has 0 aromatic heterocycles. The fourth-order valence-electron chi connectivity index (χ4n) is 2.76. The number of carbonyl (C=O) groups is 1. The third kappa shape index (κ3) is 3.67. The van der Waals surface area contributed by atoms with Gasteiger partial charge in [-0.1, -0.05) is 36.9 Å². The molecule has 2 rings (SSSR count). The Morgan fingerprint density at radius 1 is 1.30 bits per heavy atom. The molecule has 1 aliphatic carbocycles. The Kier molecular flexibility index (Phi) is 5.34. The molecule has 0 unspecified atom stereocenters. The smallest absolute Gasteiger partial charge is 0.251 e. The van der Waals surface area contributed by atoms with Gasteiger partial charge in [0.2, 0.25) is 0 Å². The number of amides is 1. The van der Waals surface area contributed by atoms with Gasteiger partial charge in [0.25, 0.3) is 5.91 Å². The molecule has 0 atom stereocenters. The summed E-state index contributed by atoms with van der Waals surface area (Å²) in [6.45, 7) is 2.58. The Labute approximate surface area is 130 Å². The number of halogens is 2. The van der Waals surface area contributed by atoms with Crippen molar-refractivity contribution in [2.75, 3.05) is 12.4 Å². The Hall–Kier alpha value is -0.730. The highest BCUT2D eigenvalue weighted by Crippen LogP contribution is 2.36. The van der Waals surface area contributed by atoms with Gasteiger partial charge in [0.1, 0.15) is 0 Å². The molecule has 0 radical (unpaired) electrons. The largest absolute Gasteiger partial charge is 0.351 e. The van der Waals surface area contributed by atoms with E-state index in [1.807, 2.05) is 19.1 Å². The summed E-state index contributed by atoms with van der Waals surface area (Å²) in [5.74, 6) is 0.545. The number of aryl methyl sites for hydroxylation is 1. The summed E-state index contributed by atoms with van der Waals surface area (Å²) in [7, 11) is 0. The van der Waals surface area contributed by atoms with Crippen molar-refractivity contribution >= 4 is 29.1 Å². The van der Waals surface area contributed by atoms with Crippen LogP contribution in [0.2, 0.25) is 5.02 Å². The summed E-state index contributed by atoms with van der Waals surface area (Å²) < 4.78 is 0. The Balaban J connectivity index is 1.98. The van der Waals surface area contributed by atoms with Crippen LogP contribution in [0.15, 0.2) is 18.2 Å². The Morgan fingerprint density at radius 2 is 2.00 bits per heavy atom. The minimum atomic E-state index is -0.0676. The minimum Gasteiger partial charge on any atom is -0.351 e. The standard InChI is InChI=1S/C16H21Cl2NO/c1-12-5-6-13(9-14(12)18)15(20)19-11-16(10-17)7-3-2-4-8-16/h5-6,9H,2-4,7-8,10-11H2,1H3,(H,19,20). The van der Waals surface area contributed by atoms with E-state index in [2.05, 4.69) is 5.32 Å². The molecular weight excluding hydrogens is 293 g/mol. The topological polar surface area (TPSA) is 29.1 Å². The first kappa shape index (κ1) is 15.7. The first-order valence-electron chi connectivity index (χ1n) is 7.17. The second kappa shape index (κ2) is 6.82. The third-order valence-electron chi connectivity index (χ3n) is 4.26. The van der Waals surface area contributed by atoms with Crippen LogP contribution in [0, 0.1) is 12.3 Å². The zero-order valence-corrected chi connectivity index (χ0v) is 13.4. The van der Waals surface area contributed by atoms with Gasteiger partial charge < -0.3 is 5.32 Å². The predicted molar refractivity (Wildman–Crippen MR) is 84.8 cm³/mol. The van der Waals surface area contributed by atoms with Crippen molar-refractivity contribution in [3.8, 4) is 0 Å². The van der Waals surface area contributed by atoms with Gasteiger partial charge in [-0.05, 0) is 37.5 Å². The summed E-state index contributed by atoms with van der Waals surface area (Å²) in [6, 6.07) is 5.40. The van der Waals surface area contributed by atoms with Crippen molar-refractivity contribution in [1.29, 1.82) is 0 Å². The SMILES string of the molecule is Cc1ccc(C(=O)NCC2(CCl)CCCCC2)cc1Cl. The van der Waals surface area contributed by atoms with Gasteiger partial charge in [-0.15, -0.1) is 11.6 Å². The minimum absolute atomic E-state index is 0.0676. The summed E-state index contributed by atoms with van der Waals surface area (Å²) in [4.78, 5) is 12.2. The van der Waals surface area contributed by atoms with Crippen molar-refractivity contribution < 1.29 is 4.79 Å². The fourth-order valence-corrected chi connectivity index (χ4v) is 3.31. The van der Waals surface area contributed by atoms with Crippen LogP contribution in [0.4, 0.5) is 0 Å². The molecule has 2 nitrogen and oxygen atoms in total. The van der Waals surface area contributed by atoms with Gasteiger partial charge >= 0.3 is 0 Å². The van der Waals surface area contributed by atoms with Crippen molar-refractivity contribution in [2.45, 2.75) is 39.0 Å². The molecule has 1 N–H and O–H groups in total. The van der Waals surface area contributed by atoms with E-state index < -0.39 is 0 Å². The molecule has 1 fully saturated rings. The van der Waals surface area contributed by atoms with E-state index in [0.717, 1.165) is 18.4 Å². The van der Waals surface area contributed by atoms with Crippen LogP contribution >= 0.6 is 23.2 Å². The summed E-state index contributed by atoms with van der Waals surface area (Å²) in [5.41, 5.74) is 1.66. The fraction of sp³-hybridized carbons (Fsp3) is 0.562. The first-order valence-corrected chi connectivity index (χ1v) is 8.08. The lowest BCUT2D eigenvalue weighted by molar-refractivity contribution is 0.0921. The highest BCUT2D eigenvalue weighted by atomic mass is 35.5. The maximum Gasteiger partial charge on any atom is 0.251 e. The quantitative estimate of drug-likeness (QED) is 0.811. The van der Waals surface area contributed by atoms with Crippen molar-refractivity contribution in [3.05, 3.63) is 34.3 Å². The summed E-state index contributed by atoms with van der Waals surface area (Å²) in [6.07, 6.45) is 5.90. The number of nitrogens with one attached hydrogen (secondary N) is 1. The molecule has 4 heteroatoms. The van der Waals surface area contributed by atoms with E-state index in [0.29, 0.717) is 23.0 Å². The van der Waals surface area contributed by atoms with Crippen molar-refractivity contribution in [3.63, 3.8) is 0 Å². The van der Waals surface area contributed by atoms with Crippen LogP contribution in [-0.4, -0.2) is 18.3 Å². The number of carbonyl (C=O) groups excluding carboxylic acids is 1. The molecule has 1 amide bonds. The molecule has 20 heavy (non-hydrogen) atoms. The van der Waals surface area contributed by atoms with Crippen LogP contribution in [0.3, 0.4) is 0 Å². The molecule has 1 aromatic rings. The lowest BCUT2D eigenvalue weighted by atomic mass is 9.75. The number of rotatable bonds is 4. The number of alkyl halides is 1. The molecule has 0 bridgehead atoms. The van der Waals surface area contributed by atoms with Crippen molar-refractivity contribution in [2.24, 2.45) is 5.41 Å². The Morgan fingerprint density at radius 3 is 2.60 bits per heavy atom. The van der Waals surface area contributed by atoms with Crippen LogP contribution in [0.5, 0.6) is 0 Å².